The second kappa shape index (κ2) is 7.32. The average molecular weight is 270 g/mol. The van der Waals surface area contributed by atoms with Crippen molar-refractivity contribution in [3.8, 4) is 17.6 Å². The van der Waals surface area contributed by atoms with Crippen molar-refractivity contribution in [1.29, 1.82) is 0 Å². The summed E-state index contributed by atoms with van der Waals surface area (Å²) in [6, 6.07) is 13.7. The fraction of sp³-hybridized carbons (Fsp3) is 0.176. The van der Waals surface area contributed by atoms with Crippen molar-refractivity contribution in [2.24, 2.45) is 0 Å². The highest BCUT2D eigenvalue weighted by Gasteiger charge is 2.01. The minimum Gasteiger partial charge on any atom is -0.488 e. The number of rotatable bonds is 4. The Morgan fingerprint density at radius 1 is 1.05 bits per heavy atom. The Balaban J connectivity index is 2.06. The summed E-state index contributed by atoms with van der Waals surface area (Å²) >= 11 is 0. The summed E-state index contributed by atoms with van der Waals surface area (Å²) in [7, 11) is 0. The molecule has 0 fully saturated rings. The molecule has 0 aliphatic rings. The normalized spacial score (nSPS) is 9.70. The van der Waals surface area contributed by atoms with Crippen LogP contribution >= 0.6 is 0 Å². The molecule has 2 aromatic carbocycles. The van der Waals surface area contributed by atoms with E-state index < -0.39 is 0 Å². The Morgan fingerprint density at radius 2 is 1.80 bits per heavy atom. The molecule has 0 radical (unpaired) electrons. The van der Waals surface area contributed by atoms with Gasteiger partial charge in [-0.1, -0.05) is 36.1 Å². The standard InChI is InChI=1S/C17H15FO2/c18-16-10-8-14(9-11-16)13-20-17-7-2-1-5-15(17)6-3-4-12-19/h1-2,5,7-11,19H,4,12-13H2. The van der Waals surface area contributed by atoms with Gasteiger partial charge in [0, 0.05) is 6.42 Å². The van der Waals surface area contributed by atoms with Crippen LogP contribution in [0.25, 0.3) is 0 Å². The van der Waals surface area contributed by atoms with E-state index in [2.05, 4.69) is 11.8 Å². The highest BCUT2D eigenvalue weighted by molar-refractivity contribution is 5.45. The van der Waals surface area contributed by atoms with E-state index in [4.69, 9.17) is 9.84 Å². The molecule has 0 aliphatic carbocycles. The molecule has 0 aliphatic heterocycles. The number of hydrogen-bond acceptors (Lipinski definition) is 2. The van der Waals surface area contributed by atoms with Crippen LogP contribution in [-0.2, 0) is 6.61 Å². The summed E-state index contributed by atoms with van der Waals surface area (Å²) in [6.07, 6.45) is 0.437. The Labute approximate surface area is 117 Å². The van der Waals surface area contributed by atoms with Gasteiger partial charge in [0.05, 0.1) is 12.2 Å². The van der Waals surface area contributed by atoms with Crippen LogP contribution in [0.4, 0.5) is 4.39 Å². The van der Waals surface area contributed by atoms with Gasteiger partial charge in [-0.3, -0.25) is 0 Å². The lowest BCUT2D eigenvalue weighted by atomic mass is 10.2. The zero-order chi connectivity index (χ0) is 14.2. The molecule has 0 spiro atoms. The Morgan fingerprint density at radius 3 is 2.55 bits per heavy atom. The van der Waals surface area contributed by atoms with Gasteiger partial charge in [-0.05, 0) is 29.8 Å². The quantitative estimate of drug-likeness (QED) is 0.865. The molecule has 0 saturated heterocycles. The third kappa shape index (κ3) is 4.11. The zero-order valence-electron chi connectivity index (χ0n) is 11.0. The summed E-state index contributed by atoms with van der Waals surface area (Å²) in [5.41, 5.74) is 1.67. The van der Waals surface area contributed by atoms with Gasteiger partial charge in [0.15, 0.2) is 0 Å². The van der Waals surface area contributed by atoms with Crippen LogP contribution in [0, 0.1) is 17.7 Å². The first-order chi connectivity index (χ1) is 9.79. The third-order valence-corrected chi connectivity index (χ3v) is 2.65. The largest absolute Gasteiger partial charge is 0.488 e. The van der Waals surface area contributed by atoms with Gasteiger partial charge < -0.3 is 9.84 Å². The van der Waals surface area contributed by atoms with E-state index in [0.717, 1.165) is 11.1 Å². The van der Waals surface area contributed by atoms with Gasteiger partial charge in [-0.15, -0.1) is 0 Å². The highest BCUT2D eigenvalue weighted by atomic mass is 19.1. The summed E-state index contributed by atoms with van der Waals surface area (Å²) in [5.74, 6) is 6.25. The molecular weight excluding hydrogens is 255 g/mol. The fourth-order valence-electron chi connectivity index (χ4n) is 1.65. The molecule has 0 heterocycles. The van der Waals surface area contributed by atoms with Gasteiger partial charge in [-0.25, -0.2) is 4.39 Å². The lowest BCUT2D eigenvalue weighted by molar-refractivity contribution is 0.304. The fourth-order valence-corrected chi connectivity index (χ4v) is 1.65. The molecule has 0 saturated carbocycles. The van der Waals surface area contributed by atoms with E-state index in [0.29, 0.717) is 18.8 Å². The number of aliphatic hydroxyl groups is 1. The molecule has 20 heavy (non-hydrogen) atoms. The molecule has 2 rings (SSSR count). The van der Waals surface area contributed by atoms with E-state index in [1.807, 2.05) is 24.3 Å². The van der Waals surface area contributed by atoms with Gasteiger partial charge >= 0.3 is 0 Å². The van der Waals surface area contributed by atoms with Crippen LogP contribution in [0.1, 0.15) is 17.5 Å². The third-order valence-electron chi connectivity index (χ3n) is 2.65. The first-order valence-electron chi connectivity index (χ1n) is 6.35. The van der Waals surface area contributed by atoms with Crippen LogP contribution in [-0.4, -0.2) is 11.7 Å². The molecule has 0 bridgehead atoms. The molecule has 2 nitrogen and oxygen atoms in total. The Kier molecular flexibility index (Phi) is 5.16. The second-order valence-electron chi connectivity index (χ2n) is 4.19. The molecule has 0 aromatic heterocycles. The van der Waals surface area contributed by atoms with Gasteiger partial charge in [0.25, 0.3) is 0 Å². The Bertz CT molecular complexity index is 609. The predicted molar refractivity (Wildman–Crippen MR) is 75.8 cm³/mol. The number of ether oxygens (including phenoxy) is 1. The van der Waals surface area contributed by atoms with E-state index >= 15 is 0 Å². The summed E-state index contributed by atoms with van der Waals surface area (Å²) < 4.78 is 18.5. The van der Waals surface area contributed by atoms with Gasteiger partial charge in [0.2, 0.25) is 0 Å². The molecule has 0 atom stereocenters. The highest BCUT2D eigenvalue weighted by Crippen LogP contribution is 2.18. The monoisotopic (exact) mass is 270 g/mol. The number of para-hydroxylation sites is 1. The number of aliphatic hydroxyl groups excluding tert-OH is 1. The SMILES string of the molecule is OCCC#Cc1ccccc1OCc1ccc(F)cc1. The lowest BCUT2D eigenvalue weighted by Gasteiger charge is -2.08. The maximum absolute atomic E-state index is 12.8. The second-order valence-corrected chi connectivity index (χ2v) is 4.19. The van der Waals surface area contributed by atoms with Crippen molar-refractivity contribution in [1.82, 2.24) is 0 Å². The van der Waals surface area contributed by atoms with E-state index in [9.17, 15) is 4.39 Å². The van der Waals surface area contributed by atoms with Crippen molar-refractivity contribution < 1.29 is 14.2 Å². The summed E-state index contributed by atoms with van der Waals surface area (Å²) in [5, 5.41) is 8.72. The van der Waals surface area contributed by atoms with Crippen LogP contribution in [0.3, 0.4) is 0 Å². The molecule has 3 heteroatoms. The first-order valence-corrected chi connectivity index (χ1v) is 6.35. The zero-order valence-corrected chi connectivity index (χ0v) is 11.0. The van der Waals surface area contributed by atoms with E-state index in [1.165, 1.54) is 12.1 Å². The van der Waals surface area contributed by atoms with Crippen LogP contribution in [0.2, 0.25) is 0 Å². The molecule has 2 aromatic rings. The van der Waals surface area contributed by atoms with Crippen LogP contribution in [0.15, 0.2) is 48.5 Å². The van der Waals surface area contributed by atoms with Crippen molar-refractivity contribution in [3.05, 3.63) is 65.5 Å². The van der Waals surface area contributed by atoms with Gasteiger partial charge in [-0.2, -0.15) is 0 Å². The van der Waals surface area contributed by atoms with Gasteiger partial charge in [0.1, 0.15) is 18.2 Å². The maximum Gasteiger partial charge on any atom is 0.135 e. The van der Waals surface area contributed by atoms with Crippen LogP contribution < -0.4 is 4.74 Å². The smallest absolute Gasteiger partial charge is 0.135 e. The van der Waals surface area contributed by atoms with E-state index in [1.54, 1.807) is 12.1 Å². The van der Waals surface area contributed by atoms with E-state index in [-0.39, 0.29) is 12.4 Å². The summed E-state index contributed by atoms with van der Waals surface area (Å²) in [4.78, 5) is 0. The predicted octanol–water partition coefficient (Wildman–Crippen LogP) is 3.14. The van der Waals surface area contributed by atoms with Crippen LogP contribution in [0.5, 0.6) is 5.75 Å². The lowest BCUT2D eigenvalue weighted by Crippen LogP contribution is -1.97. The van der Waals surface area contributed by atoms with Crippen molar-refractivity contribution in [2.75, 3.05) is 6.61 Å². The first kappa shape index (κ1) is 14.1. The molecule has 102 valence electrons. The minimum absolute atomic E-state index is 0.0472. The number of halogens is 1. The topological polar surface area (TPSA) is 29.5 Å². The minimum atomic E-state index is -0.260. The van der Waals surface area contributed by atoms with Crippen molar-refractivity contribution >= 4 is 0 Å². The van der Waals surface area contributed by atoms with Crippen molar-refractivity contribution in [2.45, 2.75) is 13.0 Å². The molecule has 1 N–H and O–H groups in total. The maximum atomic E-state index is 12.8. The molecule has 0 amide bonds. The Hall–Kier alpha value is -2.31. The number of hydrogen-bond donors (Lipinski definition) is 1. The molecule has 0 unspecified atom stereocenters. The molecular formula is C17H15FO2. The number of benzene rings is 2. The summed E-state index contributed by atoms with van der Waals surface area (Å²) in [6.45, 7) is 0.407. The average Bonchev–Trinajstić information content (AvgIpc) is 2.48. The van der Waals surface area contributed by atoms with Crippen molar-refractivity contribution in [3.63, 3.8) is 0 Å².